The van der Waals surface area contributed by atoms with Crippen molar-refractivity contribution in [3.63, 3.8) is 0 Å². The predicted molar refractivity (Wildman–Crippen MR) is 142 cm³/mol. The summed E-state index contributed by atoms with van der Waals surface area (Å²) in [5.41, 5.74) is 1.22. The normalized spacial score (nSPS) is 19.2. The lowest BCUT2D eigenvalue weighted by molar-refractivity contribution is 0.0760. The summed E-state index contributed by atoms with van der Waals surface area (Å²) in [4.78, 5) is 2.08. The number of amidine groups is 1. The van der Waals surface area contributed by atoms with Crippen LogP contribution in [0.4, 0.5) is 4.39 Å². The zero-order valence-electron chi connectivity index (χ0n) is 21.7. The van der Waals surface area contributed by atoms with Crippen LogP contribution in [0.1, 0.15) is 49.4 Å². The second kappa shape index (κ2) is 12.8. The first kappa shape index (κ1) is 29.0. The number of ether oxygens (including phenoxy) is 1. The van der Waals surface area contributed by atoms with Gasteiger partial charge in [-0.15, -0.1) is 4.40 Å². The Morgan fingerprint density at radius 1 is 1.08 bits per heavy atom. The molecule has 0 radical (unpaired) electrons. The fraction of sp³-hybridized carbons (Fsp3) is 0.519. The number of benzene rings is 2. The summed E-state index contributed by atoms with van der Waals surface area (Å²) in [5, 5.41) is 20.4. The highest BCUT2D eigenvalue weighted by molar-refractivity contribution is 7.91. The van der Waals surface area contributed by atoms with Crippen molar-refractivity contribution >= 4 is 16.0 Å². The monoisotopic (exact) mass is 535 g/mol. The molecule has 1 aliphatic rings. The van der Waals surface area contributed by atoms with Gasteiger partial charge in [0.25, 0.3) is 10.0 Å². The molecule has 1 aliphatic heterocycles. The van der Waals surface area contributed by atoms with Crippen LogP contribution in [0, 0.1) is 5.82 Å². The number of hydrogen-bond donors (Lipinski definition) is 3. The second-order valence-electron chi connectivity index (χ2n) is 9.99. The number of rotatable bonds is 12. The quantitative estimate of drug-likeness (QED) is 0.383. The van der Waals surface area contributed by atoms with Crippen molar-refractivity contribution in [1.29, 1.82) is 0 Å². The van der Waals surface area contributed by atoms with Crippen molar-refractivity contribution in [2.24, 2.45) is 4.40 Å². The Bertz CT molecular complexity index is 1150. The van der Waals surface area contributed by atoms with Gasteiger partial charge in [-0.05, 0) is 70.3 Å². The first-order valence-corrected chi connectivity index (χ1v) is 14.1. The van der Waals surface area contributed by atoms with E-state index in [2.05, 4.69) is 14.6 Å². The molecule has 1 heterocycles. The number of likely N-dealkylation sites (N-methyl/N-ethyl adjacent to an activating group) is 1. The number of hydrogen-bond acceptors (Lipinski definition) is 7. The lowest BCUT2D eigenvalue weighted by Crippen LogP contribution is -2.53. The molecule has 2 aromatic rings. The Labute approximate surface area is 219 Å². The van der Waals surface area contributed by atoms with E-state index in [1.54, 1.807) is 32.0 Å². The van der Waals surface area contributed by atoms with Crippen molar-refractivity contribution in [2.45, 2.75) is 56.4 Å². The van der Waals surface area contributed by atoms with Crippen LogP contribution in [-0.4, -0.2) is 73.8 Å². The summed E-state index contributed by atoms with van der Waals surface area (Å²) in [6.45, 7) is 4.86. The average molecular weight is 536 g/mol. The van der Waals surface area contributed by atoms with E-state index in [0.29, 0.717) is 12.1 Å². The number of nitrogens with one attached hydrogen (secondary N) is 1. The van der Waals surface area contributed by atoms with Gasteiger partial charge in [0, 0.05) is 18.7 Å². The molecule has 2 aromatic carbocycles. The van der Waals surface area contributed by atoms with Crippen molar-refractivity contribution < 1.29 is 27.8 Å². The van der Waals surface area contributed by atoms with Crippen LogP contribution in [0.15, 0.2) is 52.9 Å². The molecule has 204 valence electrons. The molecule has 0 aromatic heterocycles. The van der Waals surface area contributed by atoms with E-state index in [1.165, 1.54) is 6.07 Å². The van der Waals surface area contributed by atoms with Crippen LogP contribution >= 0.6 is 0 Å². The standard InChI is InChI=1S/C27H38FN3O5S/c1-27(2)25(19-21-12-10-20(11-13-21)7-6-15-31(3)16-18-33)37(34,35)30-26(36-27)29-24(14-17-32)22-8-4-5-9-23(22)28/h4-5,8-13,24-25,32-33H,6-7,14-19H2,1-3H3,(H,29,30)/t24-,25?/m0/s1. The van der Waals surface area contributed by atoms with E-state index in [0.717, 1.165) is 30.5 Å². The van der Waals surface area contributed by atoms with Gasteiger partial charge in [-0.3, -0.25) is 0 Å². The smallest absolute Gasteiger partial charge is 0.301 e. The topological polar surface area (TPSA) is 111 Å². The van der Waals surface area contributed by atoms with Crippen LogP contribution in [-0.2, 0) is 27.6 Å². The van der Waals surface area contributed by atoms with Crippen molar-refractivity contribution in [3.05, 3.63) is 71.0 Å². The minimum atomic E-state index is -3.95. The Hall–Kier alpha value is -2.53. The molecule has 0 aliphatic carbocycles. The molecule has 0 amide bonds. The van der Waals surface area contributed by atoms with Crippen molar-refractivity contribution in [2.75, 3.05) is 33.4 Å². The maximum absolute atomic E-state index is 14.4. The zero-order chi connectivity index (χ0) is 27.1. The van der Waals surface area contributed by atoms with Gasteiger partial charge >= 0.3 is 6.02 Å². The fourth-order valence-electron chi connectivity index (χ4n) is 4.51. The highest BCUT2D eigenvalue weighted by Gasteiger charge is 2.46. The summed E-state index contributed by atoms with van der Waals surface area (Å²) in [5.74, 6) is -0.467. The molecule has 0 saturated carbocycles. The molecule has 37 heavy (non-hydrogen) atoms. The molecule has 8 nitrogen and oxygen atoms in total. The minimum Gasteiger partial charge on any atom is -0.457 e. The summed E-state index contributed by atoms with van der Waals surface area (Å²) in [7, 11) is -1.98. The number of aliphatic hydroxyl groups excluding tert-OH is 2. The SMILES string of the molecule is CN(CCO)CCCc1ccc(CC2C(C)(C)OC(N[C@@H](CCO)c3ccccc3F)=NS2(=O)=O)cc1. The first-order chi connectivity index (χ1) is 17.6. The van der Waals surface area contributed by atoms with Gasteiger partial charge in [-0.1, -0.05) is 42.5 Å². The highest BCUT2D eigenvalue weighted by atomic mass is 32.2. The highest BCUT2D eigenvalue weighted by Crippen LogP contribution is 2.31. The predicted octanol–water partition coefficient (Wildman–Crippen LogP) is 2.80. The molecule has 0 fully saturated rings. The van der Waals surface area contributed by atoms with Crippen LogP contribution in [0.25, 0.3) is 0 Å². The van der Waals surface area contributed by atoms with Crippen LogP contribution in [0.2, 0.25) is 0 Å². The molecule has 1 unspecified atom stereocenters. The lowest BCUT2D eigenvalue weighted by Gasteiger charge is -2.38. The van der Waals surface area contributed by atoms with Crippen LogP contribution in [0.3, 0.4) is 0 Å². The third kappa shape index (κ3) is 7.98. The molecule has 0 spiro atoms. The number of aliphatic hydroxyl groups is 2. The van der Waals surface area contributed by atoms with E-state index in [9.17, 15) is 17.9 Å². The third-order valence-electron chi connectivity index (χ3n) is 6.63. The minimum absolute atomic E-state index is 0.145. The molecular formula is C27H38FN3O5S. The van der Waals surface area contributed by atoms with Gasteiger partial charge in [-0.2, -0.15) is 0 Å². The van der Waals surface area contributed by atoms with E-state index in [4.69, 9.17) is 9.84 Å². The zero-order valence-corrected chi connectivity index (χ0v) is 22.5. The Kier molecular flexibility index (Phi) is 10.1. The largest absolute Gasteiger partial charge is 0.457 e. The van der Waals surface area contributed by atoms with Gasteiger partial charge in [-0.25, -0.2) is 12.8 Å². The van der Waals surface area contributed by atoms with Gasteiger partial charge in [0.05, 0.1) is 12.6 Å². The average Bonchev–Trinajstić information content (AvgIpc) is 2.82. The van der Waals surface area contributed by atoms with E-state index >= 15 is 0 Å². The fourth-order valence-corrected chi connectivity index (χ4v) is 6.13. The van der Waals surface area contributed by atoms with E-state index in [1.807, 2.05) is 31.3 Å². The van der Waals surface area contributed by atoms with Crippen molar-refractivity contribution in [1.82, 2.24) is 10.2 Å². The van der Waals surface area contributed by atoms with Gasteiger partial charge < -0.3 is 25.2 Å². The molecule has 3 rings (SSSR count). The molecule has 0 bridgehead atoms. The number of nitrogens with zero attached hydrogens (tertiary/aromatic N) is 2. The summed E-state index contributed by atoms with van der Waals surface area (Å²) in [6, 6.07) is 13.1. The van der Waals surface area contributed by atoms with Crippen LogP contribution < -0.4 is 5.32 Å². The third-order valence-corrected chi connectivity index (χ3v) is 8.51. The molecule has 3 N–H and O–H groups in total. The van der Waals surface area contributed by atoms with Gasteiger partial charge in [0.2, 0.25) is 0 Å². The van der Waals surface area contributed by atoms with E-state index < -0.39 is 32.7 Å². The van der Waals surface area contributed by atoms with Crippen molar-refractivity contribution in [3.8, 4) is 0 Å². The Morgan fingerprint density at radius 3 is 2.38 bits per heavy atom. The Balaban J connectivity index is 1.70. The molecule has 2 atom stereocenters. The number of halogens is 1. The Morgan fingerprint density at radius 2 is 1.76 bits per heavy atom. The lowest BCUT2D eigenvalue weighted by atomic mass is 9.96. The summed E-state index contributed by atoms with van der Waals surface area (Å²) in [6.07, 6.45) is 2.24. The van der Waals surface area contributed by atoms with Crippen LogP contribution in [0.5, 0.6) is 0 Å². The first-order valence-electron chi connectivity index (χ1n) is 12.6. The second-order valence-corrected chi connectivity index (χ2v) is 11.8. The summed E-state index contributed by atoms with van der Waals surface area (Å²) < 4.78 is 50.7. The number of sulfonamides is 1. The summed E-state index contributed by atoms with van der Waals surface area (Å²) >= 11 is 0. The maximum Gasteiger partial charge on any atom is 0.301 e. The number of aryl methyl sites for hydroxylation is 1. The van der Waals surface area contributed by atoms with E-state index in [-0.39, 0.29) is 32.1 Å². The molecular weight excluding hydrogens is 497 g/mol. The maximum atomic E-state index is 14.4. The molecule has 10 heteroatoms. The van der Waals surface area contributed by atoms with Gasteiger partial charge in [0.15, 0.2) is 0 Å². The van der Waals surface area contributed by atoms with Gasteiger partial charge in [0.1, 0.15) is 16.7 Å². The molecule has 0 saturated heterocycles.